The van der Waals surface area contributed by atoms with Crippen molar-refractivity contribution in [3.63, 3.8) is 0 Å². The fourth-order valence-corrected chi connectivity index (χ4v) is 3.21. The van der Waals surface area contributed by atoms with E-state index in [1.165, 1.54) is 14.5 Å². The third kappa shape index (κ3) is 3.29. The highest BCUT2D eigenvalue weighted by Gasteiger charge is 2.33. The van der Waals surface area contributed by atoms with Crippen molar-refractivity contribution in [3.05, 3.63) is 53.9 Å². The van der Waals surface area contributed by atoms with Crippen molar-refractivity contribution in [2.45, 2.75) is 12.3 Å². The summed E-state index contributed by atoms with van der Waals surface area (Å²) < 4.78 is 11.9. The maximum absolute atomic E-state index is 12.1. The van der Waals surface area contributed by atoms with Crippen molar-refractivity contribution >= 4 is 19.2 Å². The molecule has 1 atom stereocenters. The molecule has 1 aliphatic heterocycles. The van der Waals surface area contributed by atoms with Crippen molar-refractivity contribution < 1.29 is 18.7 Å². The van der Waals surface area contributed by atoms with Crippen LogP contribution in [-0.4, -0.2) is 34.3 Å². The largest absolute Gasteiger partial charge is 0.491 e. The summed E-state index contributed by atoms with van der Waals surface area (Å²) in [5.41, 5.74) is 2.95. The molecule has 2 radical (unpaired) electrons. The molecule has 7 heteroatoms. The van der Waals surface area contributed by atoms with Crippen LogP contribution in [0.1, 0.15) is 17.2 Å². The van der Waals surface area contributed by atoms with Crippen LogP contribution in [0.5, 0.6) is 5.75 Å². The van der Waals surface area contributed by atoms with Gasteiger partial charge in [0.25, 0.3) is 0 Å². The van der Waals surface area contributed by atoms with Crippen LogP contribution >= 0.6 is 0 Å². The average molecular weight is 335 g/mol. The molecule has 1 aliphatic rings. The standard InChI is InChI=1S/C18H18BN3O3/c1-24-15-8-7-14(22(11-15)19-12-20)9-13-10-21(18(23)25-2)17-6-4-3-5-16(13)17/h3-8,11,13H,9-10H2,1-2H3. The molecule has 0 fully saturated rings. The van der Waals surface area contributed by atoms with E-state index in [1.807, 2.05) is 36.4 Å². The molecule has 1 unspecified atom stereocenters. The summed E-state index contributed by atoms with van der Waals surface area (Å²) in [7, 11) is 4.42. The number of anilines is 1. The summed E-state index contributed by atoms with van der Waals surface area (Å²) in [6.45, 7) is 0.546. The number of hydrogen-bond donors (Lipinski definition) is 0. The molecule has 2 heterocycles. The van der Waals surface area contributed by atoms with Gasteiger partial charge in [-0.25, -0.2) is 10.1 Å². The highest BCUT2D eigenvalue weighted by Crippen LogP contribution is 2.37. The van der Waals surface area contributed by atoms with Gasteiger partial charge in [-0.05, 0) is 17.7 Å². The van der Waals surface area contributed by atoms with Gasteiger partial charge in [-0.2, -0.15) is 0 Å². The predicted octanol–water partition coefficient (Wildman–Crippen LogP) is 1.84. The lowest BCUT2D eigenvalue weighted by Crippen LogP contribution is -2.44. The number of pyridine rings is 1. The Kier molecular flexibility index (Phi) is 4.89. The third-order valence-electron chi connectivity index (χ3n) is 4.39. The number of para-hydroxylation sites is 1. The van der Waals surface area contributed by atoms with Gasteiger partial charge < -0.3 is 14.0 Å². The number of nitriles is 1. The summed E-state index contributed by atoms with van der Waals surface area (Å²) in [6, 6.07) is 11.6. The van der Waals surface area contributed by atoms with Gasteiger partial charge in [-0.3, -0.25) is 4.90 Å². The zero-order chi connectivity index (χ0) is 17.8. The van der Waals surface area contributed by atoms with E-state index in [-0.39, 0.29) is 12.0 Å². The number of carbonyl (C=O) groups is 1. The second-order valence-corrected chi connectivity index (χ2v) is 5.77. The zero-order valence-electron chi connectivity index (χ0n) is 14.2. The van der Waals surface area contributed by atoms with Crippen LogP contribution in [0, 0.1) is 11.2 Å². The number of methoxy groups -OCH3 is 2. The van der Waals surface area contributed by atoms with Gasteiger partial charge in [0, 0.05) is 24.9 Å². The fourth-order valence-electron chi connectivity index (χ4n) is 3.21. The second-order valence-electron chi connectivity index (χ2n) is 5.77. The fraction of sp³-hybridized carbons (Fsp3) is 0.278. The zero-order valence-corrected chi connectivity index (χ0v) is 14.2. The first-order valence-corrected chi connectivity index (χ1v) is 7.93. The van der Waals surface area contributed by atoms with Crippen molar-refractivity contribution in [3.8, 4) is 11.7 Å². The summed E-state index contributed by atoms with van der Waals surface area (Å²) >= 11 is 0. The third-order valence-corrected chi connectivity index (χ3v) is 4.39. The minimum atomic E-state index is -0.360. The maximum Gasteiger partial charge on any atom is 0.414 e. The lowest BCUT2D eigenvalue weighted by molar-refractivity contribution is -0.537. The summed E-state index contributed by atoms with van der Waals surface area (Å²) in [4.78, 5) is 13.7. The van der Waals surface area contributed by atoms with Gasteiger partial charge in [-0.1, -0.05) is 18.2 Å². The Bertz CT molecular complexity index is 835. The minimum Gasteiger partial charge on any atom is -0.491 e. The molecule has 1 aromatic carbocycles. The quantitative estimate of drug-likeness (QED) is 0.800. The molecule has 126 valence electrons. The molecule has 0 bridgehead atoms. The molecule has 0 aliphatic carbocycles. The topological polar surface area (TPSA) is 66.4 Å². The highest BCUT2D eigenvalue weighted by molar-refractivity contribution is 6.35. The number of benzene rings is 1. The number of amides is 1. The van der Waals surface area contributed by atoms with Crippen LogP contribution in [-0.2, 0) is 11.2 Å². The Balaban J connectivity index is 1.91. The van der Waals surface area contributed by atoms with Gasteiger partial charge in [0.2, 0.25) is 7.41 Å². The number of rotatable bonds is 4. The molecule has 6 nitrogen and oxygen atoms in total. The normalized spacial score (nSPS) is 15.4. The highest BCUT2D eigenvalue weighted by atomic mass is 16.5. The van der Waals surface area contributed by atoms with Gasteiger partial charge in [0.05, 0.1) is 19.9 Å². The van der Waals surface area contributed by atoms with Crippen LogP contribution in [0.3, 0.4) is 0 Å². The summed E-state index contributed by atoms with van der Waals surface area (Å²) in [5, 5.41) is 9.04. The van der Waals surface area contributed by atoms with E-state index in [0.29, 0.717) is 18.7 Å². The number of nitrogens with zero attached hydrogens (tertiary/aromatic N) is 3. The molecule has 0 saturated heterocycles. The molecule has 3 rings (SSSR count). The number of aromatic nitrogens is 1. The van der Waals surface area contributed by atoms with Crippen LogP contribution in [0.4, 0.5) is 10.5 Å². The number of ether oxygens (including phenoxy) is 2. The molecule has 2 aromatic rings. The molecular weight excluding hydrogens is 317 g/mol. The first-order chi connectivity index (χ1) is 12.2. The van der Waals surface area contributed by atoms with E-state index >= 15 is 0 Å². The molecule has 0 N–H and O–H groups in total. The van der Waals surface area contributed by atoms with Gasteiger partial charge in [0.15, 0.2) is 11.9 Å². The van der Waals surface area contributed by atoms with Crippen molar-refractivity contribution in [1.29, 1.82) is 5.26 Å². The van der Waals surface area contributed by atoms with Crippen LogP contribution in [0.15, 0.2) is 42.6 Å². The van der Waals surface area contributed by atoms with Crippen LogP contribution < -0.4 is 14.1 Å². The first kappa shape index (κ1) is 16.8. The van der Waals surface area contributed by atoms with E-state index in [4.69, 9.17) is 14.7 Å². The molecular formula is C18H18BN3O3. The lowest BCUT2D eigenvalue weighted by atomic mass is 9.91. The monoisotopic (exact) mass is 335 g/mol. The van der Waals surface area contributed by atoms with Crippen LogP contribution in [0.2, 0.25) is 0 Å². The van der Waals surface area contributed by atoms with Gasteiger partial charge in [0.1, 0.15) is 5.69 Å². The Morgan fingerprint density at radius 2 is 2.16 bits per heavy atom. The first-order valence-electron chi connectivity index (χ1n) is 7.93. The van der Waals surface area contributed by atoms with E-state index in [9.17, 15) is 4.79 Å². The van der Waals surface area contributed by atoms with Gasteiger partial charge >= 0.3 is 6.09 Å². The average Bonchev–Trinajstić information content (AvgIpc) is 3.01. The Labute approximate surface area is 147 Å². The molecule has 0 spiro atoms. The SMILES string of the molecule is COC(=O)N1CC(Cc2ccc(OC)c[n+]2[B-]C#N)c2ccccc21. The van der Waals surface area contributed by atoms with E-state index in [2.05, 4.69) is 5.97 Å². The summed E-state index contributed by atoms with van der Waals surface area (Å²) in [6.07, 6.45) is 2.10. The van der Waals surface area contributed by atoms with E-state index in [1.54, 1.807) is 22.7 Å². The van der Waals surface area contributed by atoms with Gasteiger partial charge in [-0.15, -0.1) is 5.97 Å². The Morgan fingerprint density at radius 1 is 1.36 bits per heavy atom. The molecule has 1 amide bonds. The molecule has 1 aromatic heterocycles. The van der Waals surface area contributed by atoms with E-state index in [0.717, 1.165) is 16.9 Å². The number of hydrogen-bond acceptors (Lipinski definition) is 4. The van der Waals surface area contributed by atoms with Crippen molar-refractivity contribution in [1.82, 2.24) is 0 Å². The lowest BCUT2D eigenvalue weighted by Gasteiger charge is -2.17. The Hall–Kier alpha value is -3.01. The number of fused-ring (bicyclic) bond motifs is 1. The molecule has 0 saturated carbocycles. The van der Waals surface area contributed by atoms with Crippen LogP contribution in [0.25, 0.3) is 0 Å². The van der Waals surface area contributed by atoms with Crippen molar-refractivity contribution in [2.75, 3.05) is 25.7 Å². The van der Waals surface area contributed by atoms with E-state index < -0.39 is 0 Å². The Morgan fingerprint density at radius 3 is 2.88 bits per heavy atom. The smallest absolute Gasteiger partial charge is 0.414 e. The van der Waals surface area contributed by atoms with Crippen molar-refractivity contribution in [2.24, 2.45) is 0 Å². The summed E-state index contributed by atoms with van der Waals surface area (Å²) in [5.74, 6) is 2.86. The number of carbonyl (C=O) groups excluding carboxylic acids is 1. The second kappa shape index (κ2) is 7.26. The minimum absolute atomic E-state index is 0.127. The maximum atomic E-state index is 12.1. The molecule has 25 heavy (non-hydrogen) atoms. The predicted molar refractivity (Wildman–Crippen MR) is 92.6 cm³/mol.